The Bertz CT molecular complexity index is 648. The van der Waals surface area contributed by atoms with E-state index in [1.807, 2.05) is 30.3 Å². The lowest BCUT2D eigenvalue weighted by molar-refractivity contribution is -0.121. The van der Waals surface area contributed by atoms with Crippen LogP contribution < -0.4 is 5.32 Å². The number of carbonyl (C=O) groups is 1. The molecule has 5 heteroatoms. The molecule has 114 valence electrons. The van der Waals surface area contributed by atoms with E-state index in [1.54, 1.807) is 0 Å². The van der Waals surface area contributed by atoms with Gasteiger partial charge in [0.15, 0.2) is 5.82 Å². The van der Waals surface area contributed by atoms with Crippen molar-refractivity contribution in [1.82, 2.24) is 20.5 Å². The Morgan fingerprint density at radius 1 is 1.32 bits per heavy atom. The largest absolute Gasteiger partial charge is 0.356 e. The molecule has 1 aromatic heterocycles. The van der Waals surface area contributed by atoms with E-state index in [0.29, 0.717) is 31.1 Å². The lowest BCUT2D eigenvalue weighted by Gasteiger charge is -2.07. The molecule has 1 amide bonds. The van der Waals surface area contributed by atoms with Crippen molar-refractivity contribution in [2.24, 2.45) is 5.92 Å². The van der Waals surface area contributed by atoms with Gasteiger partial charge < -0.3 is 5.32 Å². The van der Waals surface area contributed by atoms with Crippen molar-refractivity contribution in [3.05, 3.63) is 48.3 Å². The third kappa shape index (κ3) is 3.81. The van der Waals surface area contributed by atoms with E-state index >= 15 is 0 Å². The smallest absolute Gasteiger partial charge is 0.220 e. The number of hydrogen-bond donors (Lipinski definition) is 2. The molecule has 1 atom stereocenters. The number of amides is 1. The van der Waals surface area contributed by atoms with Crippen LogP contribution in [0.3, 0.4) is 0 Å². The first-order valence-electron chi connectivity index (χ1n) is 7.71. The van der Waals surface area contributed by atoms with E-state index in [2.05, 4.69) is 32.7 Å². The highest BCUT2D eigenvalue weighted by Gasteiger charge is 2.13. The quantitative estimate of drug-likeness (QED) is 0.805. The molecule has 3 rings (SSSR count). The van der Waals surface area contributed by atoms with Gasteiger partial charge in [0.1, 0.15) is 5.82 Å². The second kappa shape index (κ2) is 7.02. The fraction of sp³-hybridized carbons (Fsp3) is 0.353. The van der Waals surface area contributed by atoms with Crippen LogP contribution in [-0.4, -0.2) is 27.6 Å². The van der Waals surface area contributed by atoms with Crippen molar-refractivity contribution in [3.63, 3.8) is 0 Å². The van der Waals surface area contributed by atoms with Crippen molar-refractivity contribution in [1.29, 1.82) is 0 Å². The van der Waals surface area contributed by atoms with Crippen LogP contribution in [0.25, 0.3) is 11.4 Å². The fourth-order valence-electron chi connectivity index (χ4n) is 2.62. The van der Waals surface area contributed by atoms with Crippen LogP contribution in [0.2, 0.25) is 0 Å². The van der Waals surface area contributed by atoms with Gasteiger partial charge in [-0.1, -0.05) is 42.5 Å². The van der Waals surface area contributed by atoms with Crippen molar-refractivity contribution in [2.75, 3.05) is 6.54 Å². The van der Waals surface area contributed by atoms with E-state index in [0.717, 1.165) is 24.2 Å². The molecule has 0 spiro atoms. The number of rotatable bonds is 6. The molecule has 5 nitrogen and oxygen atoms in total. The predicted molar refractivity (Wildman–Crippen MR) is 85.0 cm³/mol. The van der Waals surface area contributed by atoms with Crippen molar-refractivity contribution < 1.29 is 4.79 Å². The number of nitrogens with zero attached hydrogens (tertiary/aromatic N) is 2. The average molecular weight is 296 g/mol. The highest BCUT2D eigenvalue weighted by molar-refractivity contribution is 5.76. The molecule has 2 aromatic rings. The van der Waals surface area contributed by atoms with Crippen molar-refractivity contribution >= 4 is 5.91 Å². The van der Waals surface area contributed by atoms with Crippen LogP contribution in [0.1, 0.15) is 25.1 Å². The van der Waals surface area contributed by atoms with Crippen LogP contribution in [0.15, 0.2) is 42.5 Å². The maximum Gasteiger partial charge on any atom is 0.220 e. The van der Waals surface area contributed by atoms with E-state index in [4.69, 9.17) is 0 Å². The van der Waals surface area contributed by atoms with Crippen LogP contribution in [0.5, 0.6) is 0 Å². The van der Waals surface area contributed by atoms with Gasteiger partial charge in [0.2, 0.25) is 5.91 Å². The minimum Gasteiger partial charge on any atom is -0.356 e. The Hall–Kier alpha value is -2.43. The molecular formula is C17H20N4O. The zero-order valence-electron chi connectivity index (χ0n) is 12.5. The molecule has 0 radical (unpaired) electrons. The van der Waals surface area contributed by atoms with Crippen LogP contribution in [-0.2, 0) is 11.2 Å². The Balaban J connectivity index is 1.45. The molecule has 1 aliphatic rings. The molecule has 1 aliphatic carbocycles. The van der Waals surface area contributed by atoms with E-state index in [9.17, 15) is 4.79 Å². The molecule has 0 saturated carbocycles. The molecule has 2 N–H and O–H groups in total. The molecule has 0 bridgehead atoms. The number of allylic oxidation sites excluding steroid dienone is 2. The van der Waals surface area contributed by atoms with Gasteiger partial charge in [-0.25, -0.2) is 4.98 Å². The van der Waals surface area contributed by atoms with E-state index < -0.39 is 0 Å². The summed E-state index contributed by atoms with van der Waals surface area (Å²) in [6, 6.07) is 9.84. The molecule has 1 aromatic carbocycles. The van der Waals surface area contributed by atoms with Gasteiger partial charge >= 0.3 is 0 Å². The standard InChI is InChI=1S/C17H20N4O/c22-16(12-13-6-4-5-7-13)18-11-10-15-19-17(21-20-15)14-8-2-1-3-9-14/h1-4,6,8-9,13H,5,7,10-12H2,(H,18,22)(H,19,20,21)/t13-/m1/s1. The number of nitrogens with one attached hydrogen (secondary N) is 2. The number of aromatic nitrogens is 3. The van der Waals surface area contributed by atoms with E-state index in [1.165, 1.54) is 0 Å². The van der Waals surface area contributed by atoms with E-state index in [-0.39, 0.29) is 5.91 Å². The summed E-state index contributed by atoms with van der Waals surface area (Å²) in [5.41, 5.74) is 0.988. The summed E-state index contributed by atoms with van der Waals surface area (Å²) in [5, 5.41) is 10.1. The Kier molecular flexibility index (Phi) is 4.63. The second-order valence-electron chi connectivity index (χ2n) is 5.54. The predicted octanol–water partition coefficient (Wildman–Crippen LogP) is 2.49. The number of H-pyrrole nitrogens is 1. The van der Waals surface area contributed by atoms with Crippen molar-refractivity contribution in [2.45, 2.75) is 25.7 Å². The number of aromatic amines is 1. The van der Waals surface area contributed by atoms with Gasteiger partial charge in [-0.15, -0.1) is 0 Å². The zero-order valence-corrected chi connectivity index (χ0v) is 12.5. The summed E-state index contributed by atoms with van der Waals surface area (Å²) in [4.78, 5) is 16.3. The highest BCUT2D eigenvalue weighted by atomic mass is 16.1. The lowest BCUT2D eigenvalue weighted by atomic mass is 10.1. The van der Waals surface area contributed by atoms with Gasteiger partial charge in [0.05, 0.1) is 0 Å². The van der Waals surface area contributed by atoms with Gasteiger partial charge in [-0.2, -0.15) is 5.10 Å². The number of carbonyl (C=O) groups excluding carboxylic acids is 1. The molecule has 0 unspecified atom stereocenters. The number of benzene rings is 1. The Labute approximate surface area is 129 Å². The highest BCUT2D eigenvalue weighted by Crippen LogP contribution is 2.19. The normalized spacial score (nSPS) is 16.8. The summed E-state index contributed by atoms with van der Waals surface area (Å²) in [5.74, 6) is 2.01. The second-order valence-corrected chi connectivity index (χ2v) is 5.54. The third-order valence-electron chi connectivity index (χ3n) is 3.81. The Morgan fingerprint density at radius 3 is 2.95 bits per heavy atom. The van der Waals surface area contributed by atoms with Gasteiger partial charge in [0.25, 0.3) is 0 Å². The summed E-state index contributed by atoms with van der Waals surface area (Å²) < 4.78 is 0. The third-order valence-corrected chi connectivity index (χ3v) is 3.81. The first-order valence-corrected chi connectivity index (χ1v) is 7.71. The van der Waals surface area contributed by atoms with Crippen LogP contribution >= 0.6 is 0 Å². The summed E-state index contributed by atoms with van der Waals surface area (Å²) >= 11 is 0. The SMILES string of the molecule is O=C(C[C@@H]1C=CCC1)NCCc1nc(-c2ccccc2)n[nH]1. The molecule has 1 heterocycles. The van der Waals surface area contributed by atoms with Crippen LogP contribution in [0.4, 0.5) is 0 Å². The van der Waals surface area contributed by atoms with Gasteiger partial charge in [0, 0.05) is 24.9 Å². The van der Waals surface area contributed by atoms with Crippen LogP contribution in [0, 0.1) is 5.92 Å². The molecule has 0 saturated heterocycles. The monoisotopic (exact) mass is 296 g/mol. The molecule has 22 heavy (non-hydrogen) atoms. The Morgan fingerprint density at radius 2 is 2.18 bits per heavy atom. The summed E-state index contributed by atoms with van der Waals surface area (Å²) in [7, 11) is 0. The first kappa shape index (κ1) is 14.5. The maximum absolute atomic E-state index is 11.8. The van der Waals surface area contributed by atoms with Gasteiger partial charge in [-0.3, -0.25) is 9.89 Å². The lowest BCUT2D eigenvalue weighted by Crippen LogP contribution is -2.27. The minimum absolute atomic E-state index is 0.111. The average Bonchev–Trinajstić information content (AvgIpc) is 3.20. The fourth-order valence-corrected chi connectivity index (χ4v) is 2.62. The minimum atomic E-state index is 0.111. The summed E-state index contributed by atoms with van der Waals surface area (Å²) in [6.45, 7) is 0.582. The molecule has 0 fully saturated rings. The van der Waals surface area contributed by atoms with Gasteiger partial charge in [-0.05, 0) is 18.8 Å². The number of hydrogen-bond acceptors (Lipinski definition) is 3. The molecule has 0 aliphatic heterocycles. The topological polar surface area (TPSA) is 70.7 Å². The maximum atomic E-state index is 11.8. The first-order chi connectivity index (χ1) is 10.8. The zero-order chi connectivity index (χ0) is 15.2. The summed E-state index contributed by atoms with van der Waals surface area (Å²) in [6.07, 6.45) is 7.72. The van der Waals surface area contributed by atoms with Crippen molar-refractivity contribution in [3.8, 4) is 11.4 Å². The molecular weight excluding hydrogens is 276 g/mol.